The minimum absolute atomic E-state index is 0.0970. The molecule has 1 unspecified atom stereocenters. The predicted molar refractivity (Wildman–Crippen MR) is 80.2 cm³/mol. The van der Waals surface area contributed by atoms with Crippen LogP contribution in [0.25, 0.3) is 11.3 Å². The lowest BCUT2D eigenvalue weighted by atomic mass is 10.1. The summed E-state index contributed by atoms with van der Waals surface area (Å²) in [7, 11) is 1.31. The number of rotatable bonds is 5. The van der Waals surface area contributed by atoms with Crippen LogP contribution < -0.4 is 5.32 Å². The summed E-state index contributed by atoms with van der Waals surface area (Å²) in [6.07, 6.45) is 0.0970. The van der Waals surface area contributed by atoms with Crippen molar-refractivity contribution in [1.82, 2.24) is 10.3 Å². The lowest BCUT2D eigenvalue weighted by Gasteiger charge is -2.11. The number of methoxy groups -OCH3 is 1. The van der Waals surface area contributed by atoms with Gasteiger partial charge in [-0.3, -0.25) is 9.59 Å². The Morgan fingerprint density at radius 2 is 2.00 bits per heavy atom. The van der Waals surface area contributed by atoms with Crippen molar-refractivity contribution in [3.05, 3.63) is 41.9 Å². The van der Waals surface area contributed by atoms with Crippen molar-refractivity contribution in [2.75, 3.05) is 7.11 Å². The molecule has 2 rings (SSSR count). The number of carbonyl (C=O) groups excluding carboxylic acids is 2. The normalized spacial score (nSPS) is 11.8. The van der Waals surface area contributed by atoms with E-state index >= 15 is 0 Å². The van der Waals surface area contributed by atoms with Crippen LogP contribution in [-0.2, 0) is 9.53 Å². The van der Waals surface area contributed by atoms with Crippen LogP contribution in [0.15, 0.2) is 34.7 Å². The van der Waals surface area contributed by atoms with E-state index in [0.29, 0.717) is 11.7 Å². The van der Waals surface area contributed by atoms with E-state index in [1.807, 2.05) is 30.3 Å². The fourth-order valence-electron chi connectivity index (χ4n) is 2.04. The van der Waals surface area contributed by atoms with Gasteiger partial charge in [0.05, 0.1) is 13.5 Å². The topological polar surface area (TPSA) is 81.4 Å². The third-order valence-electron chi connectivity index (χ3n) is 3.06. The quantitative estimate of drug-likeness (QED) is 0.857. The van der Waals surface area contributed by atoms with Gasteiger partial charge in [0.2, 0.25) is 0 Å². The molecule has 116 valence electrons. The van der Waals surface area contributed by atoms with Crippen molar-refractivity contribution < 1.29 is 18.7 Å². The molecule has 6 heteroatoms. The Hall–Kier alpha value is -2.63. The number of aromatic nitrogens is 1. The fraction of sp³-hybridized carbons (Fsp3) is 0.312. The second-order valence-electron chi connectivity index (χ2n) is 4.93. The fourth-order valence-corrected chi connectivity index (χ4v) is 2.04. The maximum absolute atomic E-state index is 12.3. The largest absolute Gasteiger partial charge is 0.469 e. The number of nitrogens with zero attached hydrogens (tertiary/aromatic N) is 1. The van der Waals surface area contributed by atoms with E-state index in [1.165, 1.54) is 7.11 Å². The number of oxazole rings is 1. The minimum Gasteiger partial charge on any atom is -0.469 e. The van der Waals surface area contributed by atoms with Gasteiger partial charge in [0, 0.05) is 18.5 Å². The lowest BCUT2D eigenvalue weighted by Crippen LogP contribution is -2.34. The van der Waals surface area contributed by atoms with E-state index in [9.17, 15) is 9.59 Å². The van der Waals surface area contributed by atoms with Crippen LogP contribution in [0.2, 0.25) is 0 Å². The van der Waals surface area contributed by atoms with Crippen LogP contribution in [0.5, 0.6) is 0 Å². The van der Waals surface area contributed by atoms with E-state index in [1.54, 1.807) is 13.8 Å². The number of carbonyl (C=O) groups is 2. The molecule has 0 radical (unpaired) electrons. The molecule has 1 heterocycles. The van der Waals surface area contributed by atoms with Gasteiger partial charge in [-0.05, 0) is 6.92 Å². The molecule has 0 fully saturated rings. The molecule has 0 aliphatic rings. The second-order valence-corrected chi connectivity index (χ2v) is 4.93. The van der Waals surface area contributed by atoms with Crippen LogP contribution in [0.1, 0.15) is 29.7 Å². The van der Waals surface area contributed by atoms with Crippen LogP contribution in [0.4, 0.5) is 0 Å². The smallest absolute Gasteiger partial charge is 0.307 e. The molecule has 6 nitrogen and oxygen atoms in total. The highest BCUT2D eigenvalue weighted by atomic mass is 16.5. The van der Waals surface area contributed by atoms with Crippen LogP contribution >= 0.6 is 0 Å². The Labute approximate surface area is 128 Å². The average molecular weight is 302 g/mol. The summed E-state index contributed by atoms with van der Waals surface area (Å²) in [4.78, 5) is 27.7. The Balaban J connectivity index is 2.19. The van der Waals surface area contributed by atoms with Gasteiger partial charge in [0.25, 0.3) is 5.91 Å². The van der Waals surface area contributed by atoms with Gasteiger partial charge in [-0.25, -0.2) is 4.98 Å². The van der Waals surface area contributed by atoms with Crippen molar-refractivity contribution in [2.45, 2.75) is 26.3 Å². The number of hydrogen-bond acceptors (Lipinski definition) is 5. The van der Waals surface area contributed by atoms with Crippen molar-refractivity contribution >= 4 is 11.9 Å². The van der Waals surface area contributed by atoms with E-state index in [2.05, 4.69) is 15.0 Å². The molecular formula is C16H18N2O4. The van der Waals surface area contributed by atoms with E-state index in [0.717, 1.165) is 5.56 Å². The van der Waals surface area contributed by atoms with Crippen molar-refractivity contribution in [3.8, 4) is 11.3 Å². The zero-order valence-electron chi connectivity index (χ0n) is 12.8. The molecule has 0 aliphatic carbocycles. The lowest BCUT2D eigenvalue weighted by molar-refractivity contribution is -0.141. The number of amides is 1. The Morgan fingerprint density at radius 3 is 2.64 bits per heavy atom. The first kappa shape index (κ1) is 15.8. The third kappa shape index (κ3) is 3.72. The summed E-state index contributed by atoms with van der Waals surface area (Å²) >= 11 is 0. The molecule has 1 N–H and O–H groups in total. The molecular weight excluding hydrogens is 284 g/mol. The number of benzene rings is 1. The highest BCUT2D eigenvalue weighted by Crippen LogP contribution is 2.24. The average Bonchev–Trinajstić information content (AvgIpc) is 2.90. The first-order valence-corrected chi connectivity index (χ1v) is 6.91. The van der Waals surface area contributed by atoms with Crippen molar-refractivity contribution in [3.63, 3.8) is 0 Å². The molecule has 1 aromatic carbocycles. The van der Waals surface area contributed by atoms with E-state index in [-0.39, 0.29) is 30.0 Å². The third-order valence-corrected chi connectivity index (χ3v) is 3.06. The monoisotopic (exact) mass is 302 g/mol. The molecule has 1 aromatic heterocycles. The molecule has 0 saturated carbocycles. The zero-order valence-corrected chi connectivity index (χ0v) is 12.8. The molecule has 22 heavy (non-hydrogen) atoms. The molecule has 0 spiro atoms. The SMILES string of the molecule is COC(=O)CC(C)NC(=O)c1nc(C)oc1-c1ccccc1. The number of aryl methyl sites for hydroxylation is 1. The highest BCUT2D eigenvalue weighted by molar-refractivity contribution is 5.98. The van der Waals surface area contributed by atoms with Gasteiger partial charge in [-0.2, -0.15) is 0 Å². The van der Waals surface area contributed by atoms with Crippen molar-refractivity contribution in [2.24, 2.45) is 0 Å². The number of nitrogens with one attached hydrogen (secondary N) is 1. The number of esters is 1. The van der Waals surface area contributed by atoms with E-state index in [4.69, 9.17) is 4.42 Å². The maximum Gasteiger partial charge on any atom is 0.307 e. The summed E-state index contributed by atoms with van der Waals surface area (Å²) in [6.45, 7) is 3.41. The number of hydrogen-bond donors (Lipinski definition) is 1. The Morgan fingerprint density at radius 1 is 1.32 bits per heavy atom. The Kier molecular flexibility index (Phi) is 4.93. The van der Waals surface area contributed by atoms with Crippen molar-refractivity contribution in [1.29, 1.82) is 0 Å². The first-order valence-electron chi connectivity index (χ1n) is 6.91. The maximum atomic E-state index is 12.3. The summed E-state index contributed by atoms with van der Waals surface area (Å²) < 4.78 is 10.1. The van der Waals surface area contributed by atoms with Gasteiger partial charge in [0.15, 0.2) is 17.3 Å². The second kappa shape index (κ2) is 6.89. The summed E-state index contributed by atoms with van der Waals surface area (Å²) in [5.41, 5.74) is 0.981. The van der Waals surface area contributed by atoms with Gasteiger partial charge in [-0.1, -0.05) is 30.3 Å². The van der Waals surface area contributed by atoms with Gasteiger partial charge in [-0.15, -0.1) is 0 Å². The Bertz CT molecular complexity index is 664. The predicted octanol–water partition coefficient (Wildman–Crippen LogP) is 2.33. The minimum atomic E-state index is -0.382. The zero-order chi connectivity index (χ0) is 16.1. The summed E-state index contributed by atoms with van der Waals surface area (Å²) in [6, 6.07) is 8.91. The summed E-state index contributed by atoms with van der Waals surface area (Å²) in [5, 5.41) is 2.72. The standard InChI is InChI=1S/C16H18N2O4/c1-10(9-13(19)21-3)17-16(20)14-15(22-11(2)18-14)12-7-5-4-6-8-12/h4-8,10H,9H2,1-3H3,(H,17,20). The first-order chi connectivity index (χ1) is 10.5. The van der Waals surface area contributed by atoms with Gasteiger partial charge < -0.3 is 14.5 Å². The van der Waals surface area contributed by atoms with Gasteiger partial charge >= 0.3 is 5.97 Å². The highest BCUT2D eigenvalue weighted by Gasteiger charge is 2.22. The van der Waals surface area contributed by atoms with Gasteiger partial charge in [0.1, 0.15) is 0 Å². The molecule has 1 atom stereocenters. The van der Waals surface area contributed by atoms with Crippen LogP contribution in [0, 0.1) is 6.92 Å². The molecule has 2 aromatic rings. The molecule has 0 aliphatic heterocycles. The van der Waals surface area contributed by atoms with Crippen LogP contribution in [-0.4, -0.2) is 30.0 Å². The van der Waals surface area contributed by atoms with Crippen LogP contribution in [0.3, 0.4) is 0 Å². The molecule has 0 bridgehead atoms. The molecule has 1 amide bonds. The summed E-state index contributed by atoms with van der Waals surface area (Å²) in [5.74, 6) is 0.0602. The number of ether oxygens (including phenoxy) is 1. The molecule has 0 saturated heterocycles. The van der Waals surface area contributed by atoms with E-state index < -0.39 is 0 Å².